The molecule has 0 bridgehead atoms. The van der Waals surface area contributed by atoms with Gasteiger partial charge in [-0.1, -0.05) is 23.7 Å². The SMILES string of the molecule is COc1ccc(C(=O)Nc2ccccc2C(=O)Nc2ccc(Cl)cc2F)cc1. The van der Waals surface area contributed by atoms with Crippen LogP contribution in [-0.2, 0) is 0 Å². The Kier molecular flexibility index (Phi) is 5.91. The standard InChI is InChI=1S/C21H16ClFN2O3/c1-28-15-9-6-13(7-10-15)20(26)24-18-5-3-2-4-16(18)21(27)25-19-11-8-14(22)12-17(19)23/h2-12H,1H3,(H,24,26)(H,25,27). The van der Waals surface area contributed by atoms with Crippen molar-refractivity contribution in [3.05, 3.63) is 88.7 Å². The summed E-state index contributed by atoms with van der Waals surface area (Å²) in [7, 11) is 1.54. The van der Waals surface area contributed by atoms with Crippen molar-refractivity contribution in [2.24, 2.45) is 0 Å². The number of para-hydroxylation sites is 1. The average molecular weight is 399 g/mol. The highest BCUT2D eigenvalue weighted by molar-refractivity contribution is 6.30. The summed E-state index contributed by atoms with van der Waals surface area (Å²) in [5.74, 6) is -0.977. The second-order valence-corrected chi connectivity index (χ2v) is 6.24. The highest BCUT2D eigenvalue weighted by Gasteiger charge is 2.16. The van der Waals surface area contributed by atoms with Gasteiger partial charge in [-0.05, 0) is 54.6 Å². The highest BCUT2D eigenvalue weighted by Crippen LogP contribution is 2.22. The van der Waals surface area contributed by atoms with Crippen LogP contribution in [0.4, 0.5) is 15.8 Å². The van der Waals surface area contributed by atoms with Gasteiger partial charge in [0.15, 0.2) is 0 Å². The van der Waals surface area contributed by atoms with Crippen LogP contribution < -0.4 is 15.4 Å². The zero-order valence-electron chi connectivity index (χ0n) is 14.8. The molecule has 0 fully saturated rings. The number of ether oxygens (including phenoxy) is 1. The summed E-state index contributed by atoms with van der Waals surface area (Å²) in [5.41, 5.74) is 0.888. The summed E-state index contributed by atoms with van der Waals surface area (Å²) in [6.07, 6.45) is 0. The summed E-state index contributed by atoms with van der Waals surface area (Å²) < 4.78 is 19.0. The molecule has 0 heterocycles. The molecule has 0 saturated heterocycles. The van der Waals surface area contributed by atoms with E-state index in [0.717, 1.165) is 6.07 Å². The third kappa shape index (κ3) is 4.47. The van der Waals surface area contributed by atoms with E-state index in [2.05, 4.69) is 10.6 Å². The van der Waals surface area contributed by atoms with E-state index >= 15 is 0 Å². The van der Waals surface area contributed by atoms with Crippen LogP contribution in [0.15, 0.2) is 66.7 Å². The second kappa shape index (κ2) is 8.54. The minimum absolute atomic E-state index is 0.00863. The Morgan fingerprint density at radius 2 is 1.57 bits per heavy atom. The monoisotopic (exact) mass is 398 g/mol. The zero-order chi connectivity index (χ0) is 20.1. The van der Waals surface area contributed by atoms with E-state index in [-0.39, 0.29) is 22.2 Å². The van der Waals surface area contributed by atoms with Crippen LogP contribution in [0.2, 0.25) is 5.02 Å². The molecule has 7 heteroatoms. The fraction of sp³-hybridized carbons (Fsp3) is 0.0476. The van der Waals surface area contributed by atoms with Crippen molar-refractivity contribution < 1.29 is 18.7 Å². The minimum Gasteiger partial charge on any atom is -0.497 e. The van der Waals surface area contributed by atoms with Gasteiger partial charge < -0.3 is 15.4 Å². The molecule has 3 aromatic rings. The zero-order valence-corrected chi connectivity index (χ0v) is 15.6. The molecule has 3 aromatic carbocycles. The van der Waals surface area contributed by atoms with Gasteiger partial charge in [-0.25, -0.2) is 4.39 Å². The molecule has 0 saturated carbocycles. The number of rotatable bonds is 5. The Morgan fingerprint density at radius 1 is 0.893 bits per heavy atom. The van der Waals surface area contributed by atoms with Crippen molar-refractivity contribution in [2.75, 3.05) is 17.7 Å². The van der Waals surface area contributed by atoms with Gasteiger partial charge >= 0.3 is 0 Å². The predicted octanol–water partition coefficient (Wildman–Crippen LogP) is 4.99. The lowest BCUT2D eigenvalue weighted by Gasteiger charge is -2.12. The van der Waals surface area contributed by atoms with Crippen LogP contribution in [0.25, 0.3) is 0 Å². The smallest absolute Gasteiger partial charge is 0.257 e. The fourth-order valence-corrected chi connectivity index (χ4v) is 2.67. The molecule has 3 rings (SSSR count). The van der Waals surface area contributed by atoms with Crippen molar-refractivity contribution in [3.8, 4) is 5.75 Å². The molecule has 0 aromatic heterocycles. The van der Waals surface area contributed by atoms with Crippen LogP contribution in [0.3, 0.4) is 0 Å². The number of anilines is 2. The first-order valence-electron chi connectivity index (χ1n) is 8.29. The van der Waals surface area contributed by atoms with Gasteiger partial charge in [-0.15, -0.1) is 0 Å². The number of hydrogen-bond donors (Lipinski definition) is 2. The van der Waals surface area contributed by atoms with Gasteiger partial charge in [0.1, 0.15) is 11.6 Å². The molecule has 2 N–H and O–H groups in total. The largest absolute Gasteiger partial charge is 0.497 e. The lowest BCUT2D eigenvalue weighted by molar-refractivity contribution is 0.102. The Bertz CT molecular complexity index is 1020. The van der Waals surface area contributed by atoms with Crippen molar-refractivity contribution in [2.45, 2.75) is 0 Å². The van der Waals surface area contributed by atoms with Gasteiger partial charge in [0.05, 0.1) is 24.0 Å². The number of methoxy groups -OCH3 is 1. The van der Waals surface area contributed by atoms with Crippen molar-refractivity contribution in [3.63, 3.8) is 0 Å². The molecule has 2 amide bonds. The molecule has 0 spiro atoms. The molecular formula is C21H16ClFN2O3. The summed E-state index contributed by atoms with van der Waals surface area (Å²) in [4.78, 5) is 25.1. The van der Waals surface area contributed by atoms with Crippen LogP contribution in [0.1, 0.15) is 20.7 Å². The van der Waals surface area contributed by atoms with Crippen LogP contribution >= 0.6 is 11.6 Å². The number of nitrogens with one attached hydrogen (secondary N) is 2. The van der Waals surface area contributed by atoms with E-state index in [1.807, 2.05) is 0 Å². The third-order valence-corrected chi connectivity index (χ3v) is 4.19. The summed E-state index contributed by atoms with van der Waals surface area (Å²) in [6, 6.07) is 17.0. The Hall–Kier alpha value is -3.38. The summed E-state index contributed by atoms with van der Waals surface area (Å²) >= 11 is 5.72. The van der Waals surface area contributed by atoms with Gasteiger partial charge in [-0.2, -0.15) is 0 Å². The molecule has 0 radical (unpaired) electrons. The van der Waals surface area contributed by atoms with Gasteiger partial charge in [-0.3, -0.25) is 9.59 Å². The van der Waals surface area contributed by atoms with Crippen molar-refractivity contribution in [1.82, 2.24) is 0 Å². The fourth-order valence-electron chi connectivity index (χ4n) is 2.51. The third-order valence-electron chi connectivity index (χ3n) is 3.95. The number of amides is 2. The van der Waals surface area contributed by atoms with Gasteiger partial charge in [0.2, 0.25) is 0 Å². The van der Waals surface area contributed by atoms with E-state index in [4.69, 9.17) is 16.3 Å². The molecule has 0 unspecified atom stereocenters. The van der Waals surface area contributed by atoms with Crippen LogP contribution in [-0.4, -0.2) is 18.9 Å². The van der Waals surface area contributed by atoms with E-state index in [1.165, 1.54) is 25.3 Å². The maximum absolute atomic E-state index is 13.9. The normalized spacial score (nSPS) is 10.2. The molecule has 0 aliphatic carbocycles. The molecule has 0 aliphatic heterocycles. The molecule has 0 aliphatic rings. The maximum Gasteiger partial charge on any atom is 0.257 e. The highest BCUT2D eigenvalue weighted by atomic mass is 35.5. The summed E-state index contributed by atoms with van der Waals surface area (Å²) in [6.45, 7) is 0. The first kappa shape index (κ1) is 19.4. The van der Waals surface area contributed by atoms with Gasteiger partial charge in [0.25, 0.3) is 11.8 Å². The first-order valence-corrected chi connectivity index (χ1v) is 8.66. The van der Waals surface area contributed by atoms with E-state index in [9.17, 15) is 14.0 Å². The number of halogens is 2. The summed E-state index contributed by atoms with van der Waals surface area (Å²) in [5, 5.41) is 5.41. The number of hydrogen-bond acceptors (Lipinski definition) is 3. The van der Waals surface area contributed by atoms with Crippen LogP contribution in [0, 0.1) is 5.82 Å². The predicted molar refractivity (Wildman–Crippen MR) is 107 cm³/mol. The van der Waals surface area contributed by atoms with E-state index < -0.39 is 11.7 Å². The first-order chi connectivity index (χ1) is 13.5. The molecule has 0 atom stereocenters. The van der Waals surface area contributed by atoms with E-state index in [0.29, 0.717) is 17.0 Å². The van der Waals surface area contributed by atoms with Crippen LogP contribution in [0.5, 0.6) is 5.75 Å². The molecular weight excluding hydrogens is 383 g/mol. The van der Waals surface area contributed by atoms with Gasteiger partial charge in [0, 0.05) is 10.6 Å². The number of carbonyl (C=O) groups is 2. The lowest BCUT2D eigenvalue weighted by Crippen LogP contribution is -2.18. The van der Waals surface area contributed by atoms with Crippen molar-refractivity contribution in [1.29, 1.82) is 0 Å². The Labute approximate surface area is 166 Å². The number of benzene rings is 3. The topological polar surface area (TPSA) is 67.4 Å². The van der Waals surface area contributed by atoms with Crippen molar-refractivity contribution >= 4 is 34.8 Å². The molecule has 5 nitrogen and oxygen atoms in total. The maximum atomic E-state index is 13.9. The lowest BCUT2D eigenvalue weighted by atomic mass is 10.1. The number of carbonyl (C=O) groups excluding carboxylic acids is 2. The minimum atomic E-state index is -0.652. The molecule has 28 heavy (non-hydrogen) atoms. The molecule has 142 valence electrons. The quantitative estimate of drug-likeness (QED) is 0.636. The Morgan fingerprint density at radius 3 is 2.25 bits per heavy atom. The van der Waals surface area contributed by atoms with E-state index in [1.54, 1.807) is 42.5 Å². The Balaban J connectivity index is 1.80. The average Bonchev–Trinajstić information content (AvgIpc) is 2.70. The second-order valence-electron chi connectivity index (χ2n) is 5.81.